The predicted octanol–water partition coefficient (Wildman–Crippen LogP) is 6.65. The fourth-order valence-corrected chi connectivity index (χ4v) is 4.65. The molecule has 2 heterocycles. The van der Waals surface area contributed by atoms with Gasteiger partial charge in [0.1, 0.15) is 5.75 Å². The fourth-order valence-electron chi connectivity index (χ4n) is 4.65. The summed E-state index contributed by atoms with van der Waals surface area (Å²) in [6.07, 6.45) is 7.91. The molecular formula is C34H26N2O2+2. The topological polar surface area (TPSA) is 48.2 Å². The molecule has 0 bridgehead atoms. The number of aromatic hydroxyl groups is 2. The van der Waals surface area contributed by atoms with Crippen LogP contribution in [0, 0.1) is 0 Å². The van der Waals surface area contributed by atoms with Gasteiger partial charge in [-0.15, -0.1) is 0 Å². The van der Waals surface area contributed by atoms with E-state index in [4.69, 9.17) is 0 Å². The molecule has 0 aliphatic carbocycles. The highest BCUT2D eigenvalue weighted by Gasteiger charge is 2.15. The van der Waals surface area contributed by atoms with Crippen LogP contribution in [0.1, 0.15) is 0 Å². The third-order valence-corrected chi connectivity index (χ3v) is 6.66. The van der Waals surface area contributed by atoms with Gasteiger partial charge in [-0.3, -0.25) is 0 Å². The van der Waals surface area contributed by atoms with Crippen molar-refractivity contribution in [2.75, 3.05) is 0 Å². The van der Waals surface area contributed by atoms with Gasteiger partial charge in [0.15, 0.2) is 30.5 Å². The van der Waals surface area contributed by atoms with Gasteiger partial charge in [-0.2, -0.15) is 9.13 Å². The Morgan fingerprint density at radius 3 is 1.53 bits per heavy atom. The molecule has 0 fully saturated rings. The average molecular weight is 495 g/mol. The van der Waals surface area contributed by atoms with Crippen molar-refractivity contribution in [3.63, 3.8) is 0 Å². The maximum Gasteiger partial charge on any atom is 0.253 e. The molecule has 0 aliphatic rings. The second kappa shape index (κ2) is 10.0. The Kier molecular flexibility index (Phi) is 6.12. The smallest absolute Gasteiger partial charge is 0.253 e. The summed E-state index contributed by atoms with van der Waals surface area (Å²) in [5, 5.41) is 20.9. The summed E-state index contributed by atoms with van der Waals surface area (Å²) in [6.45, 7) is 0. The van der Waals surface area contributed by atoms with Gasteiger partial charge in [0, 0.05) is 36.4 Å². The van der Waals surface area contributed by atoms with Crippen molar-refractivity contribution in [2.45, 2.75) is 0 Å². The highest BCUT2D eigenvalue weighted by Crippen LogP contribution is 2.27. The predicted molar refractivity (Wildman–Crippen MR) is 149 cm³/mol. The van der Waals surface area contributed by atoms with Gasteiger partial charge >= 0.3 is 0 Å². The van der Waals surface area contributed by atoms with Gasteiger partial charge in [-0.05, 0) is 45.5 Å². The number of rotatable bonds is 5. The Morgan fingerprint density at radius 2 is 0.921 bits per heavy atom. The standard InChI is InChI=1S/C34H24N2O2/c37-32-22-30(26-9-5-2-6-10-26)21-31(24-32)35-17-13-27(14-18-35)28-15-19-36(20-16-28)33-23-29(11-12-34(33)38)25-7-3-1-4-8-25/h1-24H/p+2. The van der Waals surface area contributed by atoms with E-state index in [1.54, 1.807) is 18.2 Å². The summed E-state index contributed by atoms with van der Waals surface area (Å²) in [7, 11) is 0. The first-order valence-electron chi connectivity index (χ1n) is 12.5. The minimum atomic E-state index is 0.226. The SMILES string of the molecule is Oc1cc(-c2ccccc2)cc(-[n+]2ccc(-c3cc[n+](-c4cc(-c5ccccc5)ccc4O)cc3)cc2)c1. The lowest BCUT2D eigenvalue weighted by atomic mass is 10.0. The Labute approximate surface area is 221 Å². The van der Waals surface area contributed by atoms with Crippen LogP contribution in [-0.4, -0.2) is 10.2 Å². The van der Waals surface area contributed by atoms with Gasteiger partial charge in [0.2, 0.25) is 5.69 Å². The summed E-state index contributed by atoms with van der Waals surface area (Å²) >= 11 is 0. The molecule has 0 saturated heterocycles. The third kappa shape index (κ3) is 4.75. The highest BCUT2D eigenvalue weighted by molar-refractivity contribution is 5.68. The molecule has 4 heteroatoms. The summed E-state index contributed by atoms with van der Waals surface area (Å²) in [5.74, 6) is 0.453. The number of benzene rings is 4. The van der Waals surface area contributed by atoms with Crippen molar-refractivity contribution in [1.29, 1.82) is 0 Å². The number of hydrogen-bond acceptors (Lipinski definition) is 2. The zero-order chi connectivity index (χ0) is 25.9. The molecule has 0 spiro atoms. The molecule has 0 aliphatic heterocycles. The fraction of sp³-hybridized carbons (Fsp3) is 0. The molecule has 0 saturated carbocycles. The van der Waals surface area contributed by atoms with E-state index in [1.165, 1.54) is 0 Å². The Balaban J connectivity index is 1.26. The van der Waals surface area contributed by atoms with E-state index < -0.39 is 0 Å². The average Bonchev–Trinajstić information content (AvgIpc) is 2.98. The maximum absolute atomic E-state index is 10.5. The lowest BCUT2D eigenvalue weighted by Gasteiger charge is -2.06. The lowest BCUT2D eigenvalue weighted by Crippen LogP contribution is -2.30. The van der Waals surface area contributed by atoms with Gasteiger partial charge in [-0.1, -0.05) is 66.7 Å². The third-order valence-electron chi connectivity index (χ3n) is 6.66. The van der Waals surface area contributed by atoms with E-state index in [1.807, 2.05) is 107 Å². The molecule has 182 valence electrons. The second-order valence-corrected chi connectivity index (χ2v) is 9.16. The first-order chi connectivity index (χ1) is 18.6. The molecule has 0 radical (unpaired) electrons. The molecule has 0 amide bonds. The van der Waals surface area contributed by atoms with Crippen molar-refractivity contribution >= 4 is 0 Å². The number of aromatic nitrogens is 2. The van der Waals surface area contributed by atoms with E-state index in [0.717, 1.165) is 44.8 Å². The van der Waals surface area contributed by atoms with Crippen LogP contribution in [0.3, 0.4) is 0 Å². The molecule has 6 rings (SSSR count). The number of hydrogen-bond donors (Lipinski definition) is 2. The zero-order valence-electron chi connectivity index (χ0n) is 20.6. The zero-order valence-corrected chi connectivity index (χ0v) is 20.6. The first kappa shape index (κ1) is 23.2. The van der Waals surface area contributed by atoms with Crippen molar-refractivity contribution in [3.05, 3.63) is 146 Å². The monoisotopic (exact) mass is 494 g/mol. The Morgan fingerprint density at radius 1 is 0.395 bits per heavy atom. The number of phenols is 2. The molecule has 2 aromatic heterocycles. The van der Waals surface area contributed by atoms with Gasteiger partial charge in [0.25, 0.3) is 5.69 Å². The molecule has 0 unspecified atom stereocenters. The summed E-state index contributed by atoms with van der Waals surface area (Å²) in [6, 6.07) is 39.6. The molecule has 4 aromatic carbocycles. The number of nitrogens with zero attached hydrogens (tertiary/aromatic N) is 2. The minimum Gasteiger partial charge on any atom is -0.508 e. The highest BCUT2D eigenvalue weighted by atomic mass is 16.3. The van der Waals surface area contributed by atoms with Crippen molar-refractivity contribution in [1.82, 2.24) is 0 Å². The molecule has 38 heavy (non-hydrogen) atoms. The van der Waals surface area contributed by atoms with Crippen LogP contribution in [-0.2, 0) is 0 Å². The molecule has 0 atom stereocenters. The van der Waals surface area contributed by atoms with Crippen molar-refractivity contribution in [3.8, 4) is 56.3 Å². The van der Waals surface area contributed by atoms with Gasteiger partial charge in [-0.25, -0.2) is 0 Å². The summed E-state index contributed by atoms with van der Waals surface area (Å²) in [5.41, 5.74) is 7.91. The van der Waals surface area contributed by atoms with Crippen LogP contribution < -0.4 is 9.13 Å². The Bertz CT molecular complexity index is 1700. The minimum absolute atomic E-state index is 0.226. The largest absolute Gasteiger partial charge is 0.508 e. The molecular weight excluding hydrogens is 468 g/mol. The van der Waals surface area contributed by atoms with E-state index in [0.29, 0.717) is 0 Å². The molecule has 2 N–H and O–H groups in total. The summed E-state index contributed by atoms with van der Waals surface area (Å²) in [4.78, 5) is 0. The van der Waals surface area contributed by atoms with Gasteiger partial charge < -0.3 is 10.2 Å². The van der Waals surface area contributed by atoms with Crippen LogP contribution >= 0.6 is 0 Å². The van der Waals surface area contributed by atoms with Crippen LogP contribution in [0.25, 0.3) is 44.8 Å². The molecule has 4 nitrogen and oxygen atoms in total. The second-order valence-electron chi connectivity index (χ2n) is 9.16. The van der Waals surface area contributed by atoms with Crippen LogP contribution in [0.4, 0.5) is 0 Å². The first-order valence-corrected chi connectivity index (χ1v) is 12.5. The van der Waals surface area contributed by atoms with Crippen LogP contribution in [0.15, 0.2) is 146 Å². The normalized spacial score (nSPS) is 10.8. The van der Waals surface area contributed by atoms with Crippen LogP contribution in [0.2, 0.25) is 0 Å². The van der Waals surface area contributed by atoms with E-state index in [-0.39, 0.29) is 11.5 Å². The number of phenolic OH excluding ortho intramolecular Hbond substituents is 2. The molecule has 6 aromatic rings. The Hall–Kier alpha value is -5.22. The van der Waals surface area contributed by atoms with E-state index in [2.05, 4.69) is 30.3 Å². The van der Waals surface area contributed by atoms with E-state index >= 15 is 0 Å². The van der Waals surface area contributed by atoms with Crippen molar-refractivity contribution in [2.24, 2.45) is 0 Å². The van der Waals surface area contributed by atoms with E-state index in [9.17, 15) is 10.2 Å². The van der Waals surface area contributed by atoms with Crippen molar-refractivity contribution < 1.29 is 19.3 Å². The van der Waals surface area contributed by atoms with Crippen LogP contribution in [0.5, 0.6) is 11.5 Å². The van der Waals surface area contributed by atoms with Gasteiger partial charge in [0.05, 0.1) is 6.07 Å². The summed E-state index contributed by atoms with van der Waals surface area (Å²) < 4.78 is 3.91. The number of pyridine rings is 2. The maximum atomic E-state index is 10.5. The lowest BCUT2D eigenvalue weighted by molar-refractivity contribution is -0.596. The quantitative estimate of drug-likeness (QED) is 0.264.